The molecule has 2 aliphatic heterocycles. The van der Waals surface area contributed by atoms with Gasteiger partial charge in [0.25, 0.3) is 0 Å². The normalized spacial score (nSPS) is 22.3. The number of carbonyl (C=O) groups is 1. The van der Waals surface area contributed by atoms with E-state index in [4.69, 9.17) is 9.47 Å². The zero-order valence-corrected chi connectivity index (χ0v) is 14.0. The van der Waals surface area contributed by atoms with Crippen LogP contribution in [-0.4, -0.2) is 49.4 Å². The zero-order chi connectivity index (χ0) is 16.2. The minimum atomic E-state index is -0.183. The molecule has 5 nitrogen and oxygen atoms in total. The minimum absolute atomic E-state index is 0.183. The Kier molecular flexibility index (Phi) is 5.06. The van der Waals surface area contributed by atoms with Crippen molar-refractivity contribution in [3.63, 3.8) is 0 Å². The molecule has 23 heavy (non-hydrogen) atoms. The first-order chi connectivity index (χ1) is 11.2. The monoisotopic (exact) mass is 318 g/mol. The maximum atomic E-state index is 11.7. The summed E-state index contributed by atoms with van der Waals surface area (Å²) in [5.74, 6) is 1.41. The molecule has 5 heteroatoms. The zero-order valence-electron chi connectivity index (χ0n) is 14.0. The number of hydrogen-bond acceptors (Lipinski definition) is 4. The summed E-state index contributed by atoms with van der Waals surface area (Å²) in [6.45, 7) is 6.79. The van der Waals surface area contributed by atoms with Crippen molar-refractivity contribution in [1.29, 1.82) is 0 Å². The number of benzene rings is 1. The lowest BCUT2D eigenvalue weighted by atomic mass is 9.93. The fourth-order valence-electron chi connectivity index (χ4n) is 3.53. The second-order valence-corrected chi connectivity index (χ2v) is 6.37. The van der Waals surface area contributed by atoms with Crippen molar-refractivity contribution < 1.29 is 14.3 Å². The van der Waals surface area contributed by atoms with Crippen LogP contribution in [0.25, 0.3) is 0 Å². The molecule has 0 bridgehead atoms. The van der Waals surface area contributed by atoms with Crippen molar-refractivity contribution in [3.05, 3.63) is 29.8 Å². The lowest BCUT2D eigenvalue weighted by Gasteiger charge is -2.34. The fraction of sp³-hybridized carbons (Fsp3) is 0.611. The predicted molar refractivity (Wildman–Crippen MR) is 88.9 cm³/mol. The second kappa shape index (κ2) is 7.21. The number of piperidine rings is 1. The lowest BCUT2D eigenvalue weighted by Crippen LogP contribution is -2.48. The molecule has 0 aromatic heterocycles. The largest absolute Gasteiger partial charge is 0.493 e. The first-order valence-corrected chi connectivity index (χ1v) is 8.58. The Morgan fingerprint density at radius 3 is 2.87 bits per heavy atom. The SMILES string of the molecule is CCOC(=O)N1CCC(NC(C)C2COc3ccccc32)CC1. The van der Waals surface area contributed by atoms with Gasteiger partial charge in [0.15, 0.2) is 0 Å². The van der Waals surface area contributed by atoms with Gasteiger partial charge < -0.3 is 19.7 Å². The number of nitrogens with one attached hydrogen (secondary N) is 1. The highest BCUT2D eigenvalue weighted by Crippen LogP contribution is 2.35. The fourth-order valence-corrected chi connectivity index (χ4v) is 3.53. The van der Waals surface area contributed by atoms with Gasteiger partial charge in [-0.05, 0) is 32.8 Å². The van der Waals surface area contributed by atoms with Crippen molar-refractivity contribution in [2.45, 2.75) is 44.7 Å². The Morgan fingerprint density at radius 2 is 2.13 bits per heavy atom. The molecule has 2 heterocycles. The van der Waals surface area contributed by atoms with E-state index in [9.17, 15) is 4.79 Å². The van der Waals surface area contributed by atoms with Crippen molar-refractivity contribution in [2.24, 2.45) is 0 Å². The minimum Gasteiger partial charge on any atom is -0.493 e. The van der Waals surface area contributed by atoms with Gasteiger partial charge in [-0.1, -0.05) is 18.2 Å². The third kappa shape index (κ3) is 3.61. The molecule has 1 aromatic carbocycles. The number of amides is 1. The van der Waals surface area contributed by atoms with Crippen LogP contribution in [0.3, 0.4) is 0 Å². The van der Waals surface area contributed by atoms with Crippen molar-refractivity contribution >= 4 is 6.09 Å². The van der Waals surface area contributed by atoms with Crippen LogP contribution in [0, 0.1) is 0 Å². The van der Waals surface area contributed by atoms with Crippen LogP contribution in [0.1, 0.15) is 38.2 Å². The van der Waals surface area contributed by atoms with Gasteiger partial charge >= 0.3 is 6.09 Å². The number of para-hydroxylation sites is 1. The quantitative estimate of drug-likeness (QED) is 0.927. The highest BCUT2D eigenvalue weighted by atomic mass is 16.6. The molecule has 2 unspecified atom stereocenters. The van der Waals surface area contributed by atoms with Crippen LogP contribution in [0.2, 0.25) is 0 Å². The molecule has 0 radical (unpaired) electrons. The topological polar surface area (TPSA) is 50.8 Å². The van der Waals surface area contributed by atoms with Crippen LogP contribution in [-0.2, 0) is 4.74 Å². The number of likely N-dealkylation sites (tertiary alicyclic amines) is 1. The average molecular weight is 318 g/mol. The Labute approximate surface area is 137 Å². The second-order valence-electron chi connectivity index (χ2n) is 6.37. The van der Waals surface area contributed by atoms with Gasteiger partial charge in [-0.25, -0.2) is 4.79 Å². The van der Waals surface area contributed by atoms with E-state index >= 15 is 0 Å². The van der Waals surface area contributed by atoms with E-state index in [2.05, 4.69) is 24.4 Å². The summed E-state index contributed by atoms with van der Waals surface area (Å²) in [6, 6.07) is 9.10. The van der Waals surface area contributed by atoms with Crippen LogP contribution in [0.4, 0.5) is 4.79 Å². The van der Waals surface area contributed by atoms with Gasteiger partial charge in [0.1, 0.15) is 5.75 Å². The number of carbonyl (C=O) groups excluding carboxylic acids is 1. The van der Waals surface area contributed by atoms with Gasteiger partial charge in [0.05, 0.1) is 13.2 Å². The van der Waals surface area contributed by atoms with Crippen molar-refractivity contribution in [1.82, 2.24) is 10.2 Å². The molecule has 1 amide bonds. The van der Waals surface area contributed by atoms with Gasteiger partial charge in [-0.3, -0.25) is 0 Å². The Balaban J connectivity index is 1.50. The molecule has 2 aliphatic rings. The van der Waals surface area contributed by atoms with Crippen molar-refractivity contribution in [3.8, 4) is 5.75 Å². The van der Waals surface area contributed by atoms with Crippen molar-refractivity contribution in [2.75, 3.05) is 26.3 Å². The maximum absolute atomic E-state index is 11.7. The van der Waals surface area contributed by atoms with E-state index in [0.29, 0.717) is 24.6 Å². The first-order valence-electron chi connectivity index (χ1n) is 8.58. The van der Waals surface area contributed by atoms with Gasteiger partial charge in [-0.15, -0.1) is 0 Å². The van der Waals surface area contributed by atoms with Gasteiger partial charge in [0, 0.05) is 36.7 Å². The summed E-state index contributed by atoms with van der Waals surface area (Å²) in [7, 11) is 0. The number of ether oxygens (including phenoxy) is 2. The van der Waals surface area contributed by atoms with Gasteiger partial charge in [-0.2, -0.15) is 0 Å². The molecule has 0 spiro atoms. The summed E-state index contributed by atoms with van der Waals surface area (Å²) in [5, 5.41) is 3.73. The Morgan fingerprint density at radius 1 is 1.39 bits per heavy atom. The third-order valence-corrected chi connectivity index (χ3v) is 4.86. The van der Waals surface area contributed by atoms with E-state index in [0.717, 1.165) is 38.3 Å². The van der Waals surface area contributed by atoms with Crippen LogP contribution < -0.4 is 10.1 Å². The molecular formula is C18H26N2O3. The molecule has 3 rings (SSSR count). The third-order valence-electron chi connectivity index (χ3n) is 4.86. The summed E-state index contributed by atoms with van der Waals surface area (Å²) < 4.78 is 10.9. The predicted octanol–water partition coefficient (Wildman–Crippen LogP) is 2.76. The maximum Gasteiger partial charge on any atom is 0.409 e. The summed E-state index contributed by atoms with van der Waals surface area (Å²) in [5.41, 5.74) is 1.30. The van der Waals surface area contributed by atoms with Crippen LogP contribution in [0.15, 0.2) is 24.3 Å². The number of hydrogen-bond donors (Lipinski definition) is 1. The standard InChI is InChI=1S/C18H26N2O3/c1-3-22-18(21)20-10-8-14(9-11-20)19-13(2)16-12-23-17-7-5-4-6-15(16)17/h4-7,13-14,16,19H,3,8-12H2,1-2H3. The molecule has 0 aliphatic carbocycles. The number of rotatable bonds is 4. The molecule has 1 aromatic rings. The highest BCUT2D eigenvalue weighted by Gasteiger charge is 2.31. The Hall–Kier alpha value is -1.75. The number of fused-ring (bicyclic) bond motifs is 1. The van der Waals surface area contributed by atoms with E-state index in [-0.39, 0.29) is 6.09 Å². The molecule has 1 fully saturated rings. The van der Waals surface area contributed by atoms with Crippen LogP contribution >= 0.6 is 0 Å². The van der Waals surface area contributed by atoms with E-state index in [1.165, 1.54) is 5.56 Å². The first kappa shape index (κ1) is 16.1. The molecule has 1 saturated heterocycles. The summed E-state index contributed by atoms with van der Waals surface area (Å²) >= 11 is 0. The Bertz CT molecular complexity index is 541. The smallest absolute Gasteiger partial charge is 0.409 e. The molecular weight excluding hydrogens is 292 g/mol. The average Bonchev–Trinajstić information content (AvgIpc) is 3.00. The molecule has 0 saturated carbocycles. The van der Waals surface area contributed by atoms with Gasteiger partial charge in [0.2, 0.25) is 0 Å². The van der Waals surface area contributed by atoms with E-state index in [1.807, 2.05) is 19.1 Å². The highest BCUT2D eigenvalue weighted by molar-refractivity contribution is 5.67. The molecule has 2 atom stereocenters. The lowest BCUT2D eigenvalue weighted by molar-refractivity contribution is 0.0939. The summed E-state index contributed by atoms with van der Waals surface area (Å²) in [4.78, 5) is 13.5. The molecule has 1 N–H and O–H groups in total. The van der Waals surface area contributed by atoms with E-state index < -0.39 is 0 Å². The number of nitrogens with zero attached hydrogens (tertiary/aromatic N) is 1. The van der Waals surface area contributed by atoms with E-state index in [1.54, 1.807) is 4.90 Å². The van der Waals surface area contributed by atoms with Crippen LogP contribution in [0.5, 0.6) is 5.75 Å². The summed E-state index contributed by atoms with van der Waals surface area (Å²) in [6.07, 6.45) is 1.76. The molecule has 126 valence electrons.